The topological polar surface area (TPSA) is 63.0 Å². The van der Waals surface area contributed by atoms with E-state index in [1.165, 1.54) is 12.5 Å². The highest BCUT2D eigenvalue weighted by Gasteiger charge is 2.40. The summed E-state index contributed by atoms with van der Waals surface area (Å²) < 4.78 is 11.3. The number of hydrogen-bond donors (Lipinski definition) is 0. The molecular formula is C23H30N2O4. The SMILES string of the molecule is CCc1cc(=O)oc2cc(OC(C)C(=O)N3CCC4(CCN(C)C4)CC3)ccc12. The Morgan fingerprint density at radius 1 is 1.21 bits per heavy atom. The zero-order chi connectivity index (χ0) is 20.6. The van der Waals surface area contributed by atoms with Crippen molar-refractivity contribution >= 4 is 16.9 Å². The molecule has 1 spiro atoms. The van der Waals surface area contributed by atoms with E-state index in [-0.39, 0.29) is 11.5 Å². The molecule has 4 rings (SSSR count). The van der Waals surface area contributed by atoms with Crippen LogP contribution in [0.25, 0.3) is 11.0 Å². The smallest absolute Gasteiger partial charge is 0.336 e. The molecule has 0 aliphatic carbocycles. The molecule has 0 saturated carbocycles. The number of benzene rings is 1. The fraction of sp³-hybridized carbons (Fsp3) is 0.565. The van der Waals surface area contributed by atoms with E-state index in [9.17, 15) is 9.59 Å². The van der Waals surface area contributed by atoms with Crippen molar-refractivity contribution in [2.45, 2.75) is 45.6 Å². The lowest BCUT2D eigenvalue weighted by atomic mass is 9.77. The molecule has 1 aromatic carbocycles. The number of likely N-dealkylation sites (tertiary alicyclic amines) is 2. The van der Waals surface area contributed by atoms with Crippen LogP contribution in [0.3, 0.4) is 0 Å². The number of rotatable bonds is 4. The molecule has 2 aliphatic rings. The predicted molar refractivity (Wildman–Crippen MR) is 112 cm³/mol. The van der Waals surface area contributed by atoms with Gasteiger partial charge in [-0.2, -0.15) is 0 Å². The van der Waals surface area contributed by atoms with Crippen molar-refractivity contribution in [3.63, 3.8) is 0 Å². The maximum Gasteiger partial charge on any atom is 0.336 e. The monoisotopic (exact) mass is 398 g/mol. The van der Waals surface area contributed by atoms with E-state index in [0.717, 1.165) is 56.4 Å². The molecule has 0 radical (unpaired) electrons. The van der Waals surface area contributed by atoms with Gasteiger partial charge < -0.3 is 19.0 Å². The molecule has 0 N–H and O–H groups in total. The first-order valence-electron chi connectivity index (χ1n) is 10.6. The third-order valence-corrected chi connectivity index (χ3v) is 6.61. The first-order chi connectivity index (χ1) is 13.9. The predicted octanol–water partition coefficient (Wildman–Crippen LogP) is 3.07. The van der Waals surface area contributed by atoms with Crippen LogP contribution < -0.4 is 10.4 Å². The van der Waals surface area contributed by atoms with Gasteiger partial charge in [0.15, 0.2) is 6.10 Å². The molecule has 156 valence electrons. The third-order valence-electron chi connectivity index (χ3n) is 6.61. The zero-order valence-corrected chi connectivity index (χ0v) is 17.6. The standard InChI is InChI=1S/C23H30N2O4/c1-4-17-13-21(26)29-20-14-18(5-6-19(17)20)28-16(2)22(27)25-11-8-23(9-12-25)7-10-24(3)15-23/h5-6,13-14,16H,4,7-12,15H2,1-3H3. The van der Waals surface area contributed by atoms with Crippen LogP contribution in [-0.2, 0) is 11.2 Å². The van der Waals surface area contributed by atoms with Crippen molar-refractivity contribution in [2.24, 2.45) is 5.41 Å². The van der Waals surface area contributed by atoms with E-state index < -0.39 is 6.10 Å². The quantitative estimate of drug-likeness (QED) is 0.741. The van der Waals surface area contributed by atoms with E-state index in [1.54, 1.807) is 13.0 Å². The van der Waals surface area contributed by atoms with Crippen LogP contribution in [0.15, 0.2) is 33.5 Å². The van der Waals surface area contributed by atoms with Crippen LogP contribution in [0.1, 0.15) is 38.7 Å². The minimum absolute atomic E-state index is 0.0232. The highest BCUT2D eigenvalue weighted by atomic mass is 16.5. The number of carbonyl (C=O) groups excluding carboxylic acids is 1. The van der Waals surface area contributed by atoms with E-state index in [4.69, 9.17) is 9.15 Å². The lowest BCUT2D eigenvalue weighted by Crippen LogP contribution is -2.48. The van der Waals surface area contributed by atoms with Crippen LogP contribution in [0.2, 0.25) is 0 Å². The van der Waals surface area contributed by atoms with Gasteiger partial charge in [0.1, 0.15) is 11.3 Å². The molecule has 29 heavy (non-hydrogen) atoms. The normalized spacial score (nSPS) is 20.3. The summed E-state index contributed by atoms with van der Waals surface area (Å²) in [5, 5.41) is 0.904. The molecule has 6 heteroatoms. The van der Waals surface area contributed by atoms with Crippen molar-refractivity contribution in [2.75, 3.05) is 33.2 Å². The van der Waals surface area contributed by atoms with Gasteiger partial charge in [-0.3, -0.25) is 4.79 Å². The van der Waals surface area contributed by atoms with Gasteiger partial charge in [-0.05, 0) is 69.3 Å². The highest BCUT2D eigenvalue weighted by molar-refractivity contribution is 5.83. The van der Waals surface area contributed by atoms with Gasteiger partial charge in [-0.1, -0.05) is 6.92 Å². The number of hydrogen-bond acceptors (Lipinski definition) is 5. The Hall–Kier alpha value is -2.34. The Morgan fingerprint density at radius 3 is 2.59 bits per heavy atom. The Morgan fingerprint density at radius 2 is 1.93 bits per heavy atom. The van der Waals surface area contributed by atoms with E-state index in [2.05, 4.69) is 11.9 Å². The minimum atomic E-state index is -0.575. The van der Waals surface area contributed by atoms with Crippen LogP contribution in [0.4, 0.5) is 0 Å². The summed E-state index contributed by atoms with van der Waals surface area (Å²) in [6.45, 7) is 7.69. The lowest BCUT2D eigenvalue weighted by Gasteiger charge is -2.40. The number of amides is 1. The van der Waals surface area contributed by atoms with Crippen molar-refractivity contribution in [1.82, 2.24) is 9.80 Å². The lowest BCUT2D eigenvalue weighted by molar-refractivity contribution is -0.140. The Kier molecular flexibility index (Phi) is 5.38. The number of nitrogens with zero attached hydrogens (tertiary/aromatic N) is 2. The molecule has 1 aromatic heterocycles. The van der Waals surface area contributed by atoms with Crippen LogP contribution in [0.5, 0.6) is 5.75 Å². The molecule has 3 heterocycles. The third kappa shape index (κ3) is 4.04. The van der Waals surface area contributed by atoms with E-state index in [0.29, 0.717) is 16.7 Å². The van der Waals surface area contributed by atoms with Gasteiger partial charge in [-0.25, -0.2) is 4.79 Å². The van der Waals surface area contributed by atoms with Gasteiger partial charge in [0.05, 0.1) is 0 Å². The van der Waals surface area contributed by atoms with Crippen molar-refractivity contribution in [3.05, 3.63) is 40.2 Å². The zero-order valence-electron chi connectivity index (χ0n) is 17.6. The molecule has 2 fully saturated rings. The summed E-state index contributed by atoms with van der Waals surface area (Å²) in [7, 11) is 2.18. The Balaban J connectivity index is 1.42. The molecule has 2 aromatic rings. The number of carbonyl (C=O) groups is 1. The summed E-state index contributed by atoms with van der Waals surface area (Å²) in [6.07, 6.45) is 3.55. The Labute approximate surface area is 171 Å². The molecule has 1 atom stereocenters. The molecular weight excluding hydrogens is 368 g/mol. The van der Waals surface area contributed by atoms with E-state index in [1.807, 2.05) is 24.0 Å². The van der Waals surface area contributed by atoms with Crippen LogP contribution in [-0.4, -0.2) is 55.0 Å². The van der Waals surface area contributed by atoms with Crippen molar-refractivity contribution in [3.8, 4) is 5.75 Å². The number of ether oxygens (including phenoxy) is 1. The maximum absolute atomic E-state index is 12.9. The average Bonchev–Trinajstić information content (AvgIpc) is 3.07. The van der Waals surface area contributed by atoms with Gasteiger partial charge in [0, 0.05) is 37.2 Å². The number of aryl methyl sites for hydroxylation is 1. The second kappa shape index (κ2) is 7.82. The molecule has 0 bridgehead atoms. The first-order valence-corrected chi connectivity index (χ1v) is 10.6. The van der Waals surface area contributed by atoms with Gasteiger partial charge in [-0.15, -0.1) is 0 Å². The van der Waals surface area contributed by atoms with Crippen molar-refractivity contribution in [1.29, 1.82) is 0 Å². The van der Waals surface area contributed by atoms with Gasteiger partial charge >= 0.3 is 5.63 Å². The first kappa shape index (κ1) is 20.0. The number of piperidine rings is 1. The second-order valence-electron chi connectivity index (χ2n) is 8.68. The molecule has 2 aliphatic heterocycles. The summed E-state index contributed by atoms with van der Waals surface area (Å²) in [5.74, 6) is 0.565. The number of fused-ring (bicyclic) bond motifs is 1. The molecule has 2 saturated heterocycles. The summed E-state index contributed by atoms with van der Waals surface area (Å²) in [4.78, 5) is 29.0. The van der Waals surface area contributed by atoms with Crippen molar-refractivity contribution < 1.29 is 13.9 Å². The molecule has 6 nitrogen and oxygen atoms in total. The molecule has 1 unspecified atom stereocenters. The summed E-state index contributed by atoms with van der Waals surface area (Å²) >= 11 is 0. The summed E-state index contributed by atoms with van der Waals surface area (Å²) in [5.41, 5.74) is 1.47. The average molecular weight is 399 g/mol. The Bertz CT molecular complexity index is 959. The molecule has 1 amide bonds. The van der Waals surface area contributed by atoms with Gasteiger partial charge in [0.25, 0.3) is 5.91 Å². The second-order valence-corrected chi connectivity index (χ2v) is 8.68. The fourth-order valence-electron chi connectivity index (χ4n) is 4.86. The minimum Gasteiger partial charge on any atom is -0.481 e. The maximum atomic E-state index is 12.9. The fourth-order valence-corrected chi connectivity index (χ4v) is 4.86. The van der Waals surface area contributed by atoms with Crippen LogP contribution in [0, 0.1) is 5.41 Å². The highest BCUT2D eigenvalue weighted by Crippen LogP contribution is 2.39. The van der Waals surface area contributed by atoms with E-state index >= 15 is 0 Å². The van der Waals surface area contributed by atoms with Gasteiger partial charge in [0.2, 0.25) is 0 Å². The summed E-state index contributed by atoms with van der Waals surface area (Å²) in [6, 6.07) is 6.97. The van der Waals surface area contributed by atoms with Crippen LogP contribution >= 0.6 is 0 Å². The largest absolute Gasteiger partial charge is 0.481 e.